The van der Waals surface area contributed by atoms with Gasteiger partial charge in [0.25, 0.3) is 11.1 Å². The number of imide groups is 1. The molecule has 8 heteroatoms. The number of benzene rings is 3. The molecule has 3 aromatic carbocycles. The number of anilines is 2. The van der Waals surface area contributed by atoms with Crippen molar-refractivity contribution in [2.75, 3.05) is 10.2 Å². The van der Waals surface area contributed by atoms with Gasteiger partial charge in [-0.25, -0.2) is 9.89 Å². The lowest BCUT2D eigenvalue weighted by molar-refractivity contribution is -0.115. The number of nitrogens with zero attached hydrogens (tertiary/aromatic N) is 2. The lowest BCUT2D eigenvalue weighted by Gasteiger charge is -2.15. The largest absolute Gasteiger partial charge is 1.00 e. The summed E-state index contributed by atoms with van der Waals surface area (Å²) in [5.41, 5.74) is 3.21. The van der Waals surface area contributed by atoms with E-state index in [4.69, 9.17) is 0 Å². The third-order valence-corrected chi connectivity index (χ3v) is 6.51. The molecular formula is C23H19BrN3O2S2-. The highest BCUT2D eigenvalue weighted by molar-refractivity contribution is 8.31. The van der Waals surface area contributed by atoms with Crippen molar-refractivity contribution < 1.29 is 26.6 Å². The van der Waals surface area contributed by atoms with Gasteiger partial charge in [-0.3, -0.25) is 9.59 Å². The van der Waals surface area contributed by atoms with Crippen molar-refractivity contribution in [1.29, 1.82) is 0 Å². The second kappa shape index (κ2) is 10.7. The van der Waals surface area contributed by atoms with Gasteiger partial charge < -0.3 is 22.3 Å². The molecule has 1 aliphatic heterocycles. The Balaban J connectivity index is 0.00000272. The molecule has 158 valence electrons. The second-order valence-electron chi connectivity index (χ2n) is 6.59. The number of rotatable bonds is 4. The molecule has 3 aromatic rings. The topological polar surface area (TPSA) is 61.8 Å². The first-order chi connectivity index (χ1) is 14.6. The SMILES string of the molecule is Cc1cccc(N2C(=O)SC(SC(=Nc3ccccc3)Nc3ccccc3)C2=O)c1.[Br-]. The van der Waals surface area contributed by atoms with Crippen molar-refractivity contribution >= 4 is 56.9 Å². The first-order valence-electron chi connectivity index (χ1n) is 9.34. The molecule has 31 heavy (non-hydrogen) atoms. The van der Waals surface area contributed by atoms with Crippen molar-refractivity contribution in [3.63, 3.8) is 0 Å². The Kier molecular flexibility index (Phi) is 7.95. The molecule has 1 heterocycles. The van der Waals surface area contributed by atoms with Crippen molar-refractivity contribution in [1.82, 2.24) is 0 Å². The molecule has 4 rings (SSSR count). The summed E-state index contributed by atoms with van der Waals surface area (Å²) >= 11 is 2.26. The molecule has 0 aliphatic carbocycles. The molecule has 1 aliphatic rings. The van der Waals surface area contributed by atoms with Crippen LogP contribution in [0.3, 0.4) is 0 Å². The van der Waals surface area contributed by atoms with E-state index in [2.05, 4.69) is 10.3 Å². The molecule has 0 radical (unpaired) electrons. The fourth-order valence-electron chi connectivity index (χ4n) is 2.91. The zero-order valence-corrected chi connectivity index (χ0v) is 19.8. The van der Waals surface area contributed by atoms with Crippen molar-refractivity contribution in [3.05, 3.63) is 90.5 Å². The average molecular weight is 513 g/mol. The highest BCUT2D eigenvalue weighted by atomic mass is 79.9. The smallest absolute Gasteiger partial charge is 0.294 e. The fraction of sp³-hybridized carbons (Fsp3) is 0.0870. The first kappa shape index (κ1) is 23.1. The van der Waals surface area contributed by atoms with Gasteiger partial charge in [0.15, 0.2) is 5.17 Å². The number of halogens is 1. The van der Waals surface area contributed by atoms with Gasteiger partial charge in [-0.2, -0.15) is 0 Å². The van der Waals surface area contributed by atoms with Crippen molar-refractivity contribution in [2.24, 2.45) is 4.99 Å². The van der Waals surface area contributed by atoms with E-state index in [1.807, 2.05) is 85.8 Å². The number of hydrogen-bond acceptors (Lipinski definition) is 5. The number of para-hydroxylation sites is 2. The number of aliphatic imine (C=N–C) groups is 1. The van der Waals surface area contributed by atoms with Gasteiger partial charge >= 0.3 is 0 Å². The normalized spacial score (nSPS) is 16.2. The molecule has 0 aromatic heterocycles. The number of amidine groups is 1. The number of hydrogen-bond donors (Lipinski definition) is 1. The Labute approximate surface area is 200 Å². The van der Waals surface area contributed by atoms with E-state index in [-0.39, 0.29) is 28.1 Å². The van der Waals surface area contributed by atoms with E-state index in [1.165, 1.54) is 16.7 Å². The van der Waals surface area contributed by atoms with Gasteiger partial charge in [-0.05, 0) is 60.6 Å². The molecule has 1 N–H and O–H groups in total. The minimum atomic E-state index is -0.614. The molecule has 0 spiro atoms. The van der Waals surface area contributed by atoms with Crippen LogP contribution in [0.1, 0.15) is 5.56 Å². The van der Waals surface area contributed by atoms with Gasteiger partial charge in [0, 0.05) is 5.69 Å². The van der Waals surface area contributed by atoms with Crippen LogP contribution in [0, 0.1) is 6.92 Å². The quantitative estimate of drug-likeness (QED) is 0.430. The van der Waals surface area contributed by atoms with Gasteiger partial charge in [0.05, 0.1) is 11.4 Å². The summed E-state index contributed by atoms with van der Waals surface area (Å²) in [7, 11) is 0. The van der Waals surface area contributed by atoms with Crippen molar-refractivity contribution in [3.8, 4) is 0 Å². The third kappa shape index (κ3) is 5.78. The van der Waals surface area contributed by atoms with Crippen LogP contribution in [0.25, 0.3) is 0 Å². The lowest BCUT2D eigenvalue weighted by atomic mass is 10.2. The Morgan fingerprint density at radius 2 is 1.65 bits per heavy atom. The summed E-state index contributed by atoms with van der Waals surface area (Å²) in [5.74, 6) is -0.253. The van der Waals surface area contributed by atoms with E-state index < -0.39 is 4.58 Å². The fourth-order valence-corrected chi connectivity index (χ4v) is 5.06. The summed E-state index contributed by atoms with van der Waals surface area (Å²) in [5, 5.41) is 3.55. The molecule has 5 nitrogen and oxygen atoms in total. The third-order valence-electron chi connectivity index (χ3n) is 4.30. The van der Waals surface area contributed by atoms with Crippen LogP contribution in [0.4, 0.5) is 21.9 Å². The molecule has 0 saturated carbocycles. The van der Waals surface area contributed by atoms with Crippen LogP contribution in [0.15, 0.2) is 89.9 Å². The van der Waals surface area contributed by atoms with Crippen LogP contribution in [-0.2, 0) is 4.79 Å². The average Bonchev–Trinajstić information content (AvgIpc) is 3.02. The molecule has 0 bridgehead atoms. The number of amides is 2. The Morgan fingerprint density at radius 1 is 0.968 bits per heavy atom. The maximum Gasteiger partial charge on any atom is 0.294 e. The van der Waals surface area contributed by atoms with Gasteiger partial charge in [-0.1, -0.05) is 60.3 Å². The highest BCUT2D eigenvalue weighted by Crippen LogP contribution is 2.38. The second-order valence-corrected chi connectivity index (χ2v) is 9.04. The summed E-state index contributed by atoms with van der Waals surface area (Å²) in [6.45, 7) is 1.93. The minimum absolute atomic E-state index is 0. The van der Waals surface area contributed by atoms with E-state index in [0.717, 1.165) is 28.7 Å². The van der Waals surface area contributed by atoms with Gasteiger partial charge in [0.2, 0.25) is 0 Å². The highest BCUT2D eigenvalue weighted by Gasteiger charge is 2.42. The van der Waals surface area contributed by atoms with Gasteiger partial charge in [0.1, 0.15) is 4.58 Å². The summed E-state index contributed by atoms with van der Waals surface area (Å²) in [6.07, 6.45) is 0. The summed E-state index contributed by atoms with van der Waals surface area (Å²) < 4.78 is -0.614. The summed E-state index contributed by atoms with van der Waals surface area (Å²) in [6, 6.07) is 26.5. The lowest BCUT2D eigenvalue weighted by Crippen LogP contribution is -3.00. The number of aryl methyl sites for hydroxylation is 1. The zero-order valence-electron chi connectivity index (χ0n) is 16.6. The molecule has 1 atom stereocenters. The van der Waals surface area contributed by atoms with Crippen LogP contribution in [0.2, 0.25) is 0 Å². The summed E-state index contributed by atoms with van der Waals surface area (Å²) in [4.78, 5) is 31.6. The number of carbonyl (C=O) groups excluding carboxylic acids is 2. The van der Waals surface area contributed by atoms with Crippen LogP contribution < -0.4 is 27.2 Å². The van der Waals surface area contributed by atoms with E-state index in [1.54, 1.807) is 6.07 Å². The maximum absolute atomic E-state index is 13.0. The van der Waals surface area contributed by atoms with Gasteiger partial charge in [-0.15, -0.1) is 0 Å². The predicted octanol–water partition coefficient (Wildman–Crippen LogP) is 3.06. The Bertz CT molecular complexity index is 1090. The van der Waals surface area contributed by atoms with E-state index >= 15 is 0 Å². The predicted molar refractivity (Wildman–Crippen MR) is 127 cm³/mol. The van der Waals surface area contributed by atoms with Crippen LogP contribution in [-0.4, -0.2) is 20.9 Å². The van der Waals surface area contributed by atoms with E-state index in [0.29, 0.717) is 10.9 Å². The first-order valence-corrected chi connectivity index (χ1v) is 11.1. The van der Waals surface area contributed by atoms with Crippen molar-refractivity contribution in [2.45, 2.75) is 11.5 Å². The monoisotopic (exact) mass is 512 g/mol. The number of nitrogens with one attached hydrogen (secondary N) is 1. The van der Waals surface area contributed by atoms with E-state index in [9.17, 15) is 9.59 Å². The number of carbonyl (C=O) groups is 2. The maximum atomic E-state index is 13.0. The Hall–Kier alpha value is -2.55. The standard InChI is InChI=1S/C23H19N3O2S2.BrH/c1-16-9-8-14-19(15-16)26-20(27)21(30-23(26)28)29-22(24-17-10-4-2-5-11-17)25-18-12-6-3-7-13-18;/h2-15,21H,1H3,(H,24,25);1H/p-1. The molecule has 2 amide bonds. The zero-order chi connectivity index (χ0) is 20.9. The van der Waals surface area contributed by atoms with Crippen LogP contribution >= 0.6 is 23.5 Å². The molecule has 1 saturated heterocycles. The molecular weight excluding hydrogens is 494 g/mol. The molecule has 1 unspecified atom stereocenters. The van der Waals surface area contributed by atoms with Crippen LogP contribution in [0.5, 0.6) is 0 Å². The Morgan fingerprint density at radius 3 is 2.32 bits per heavy atom. The number of thioether (sulfide) groups is 2. The molecule has 1 fully saturated rings. The minimum Gasteiger partial charge on any atom is -1.00 e.